The Hall–Kier alpha value is -2.34. The number of halogens is 1. The molecule has 0 unspecified atom stereocenters. The molecular weight excluding hydrogens is 388 g/mol. The van der Waals surface area contributed by atoms with Gasteiger partial charge in [0.1, 0.15) is 11.5 Å². The molecule has 0 fully saturated rings. The Morgan fingerprint density at radius 3 is 2.64 bits per heavy atom. The summed E-state index contributed by atoms with van der Waals surface area (Å²) in [6.45, 7) is 3.98. The number of benzene rings is 2. The molecule has 2 aromatic carbocycles. The van der Waals surface area contributed by atoms with Crippen molar-refractivity contribution in [2.24, 2.45) is 0 Å². The highest BCUT2D eigenvalue weighted by Gasteiger charge is 2.11. The molecule has 2 rings (SSSR count). The number of rotatable bonds is 7. The van der Waals surface area contributed by atoms with Crippen LogP contribution in [0.1, 0.15) is 29.3 Å². The lowest BCUT2D eigenvalue weighted by molar-refractivity contribution is -0.136. The summed E-state index contributed by atoms with van der Waals surface area (Å²) in [6, 6.07) is 11.9. The van der Waals surface area contributed by atoms with Crippen LogP contribution in [0.4, 0.5) is 0 Å². The van der Waals surface area contributed by atoms with Crippen LogP contribution in [0.3, 0.4) is 0 Å². The summed E-state index contributed by atoms with van der Waals surface area (Å²) in [5, 5.41) is 0. The lowest BCUT2D eigenvalue weighted by atomic mass is 10.2. The highest BCUT2D eigenvalue weighted by atomic mass is 79.9. The van der Waals surface area contributed by atoms with Crippen LogP contribution in [0.2, 0.25) is 0 Å². The molecule has 0 atom stereocenters. The third-order valence-corrected chi connectivity index (χ3v) is 3.79. The molecule has 5 nitrogen and oxygen atoms in total. The van der Waals surface area contributed by atoms with Crippen molar-refractivity contribution in [1.29, 1.82) is 0 Å². The summed E-state index contributed by atoms with van der Waals surface area (Å²) in [5.41, 5.74) is 1.41. The fraction of sp³-hybridized carbons (Fsp3) is 0.263. The maximum Gasteiger partial charge on any atom is 0.349 e. The van der Waals surface area contributed by atoms with Gasteiger partial charge in [0.2, 0.25) is 0 Å². The Bertz CT molecular complexity index is 757. The summed E-state index contributed by atoms with van der Waals surface area (Å²) >= 11 is 3.38. The topological polar surface area (TPSA) is 61.8 Å². The van der Waals surface area contributed by atoms with Gasteiger partial charge >= 0.3 is 11.9 Å². The molecule has 0 amide bonds. The SMILES string of the molecule is CCCOC(=O)c1cccc(OC(=O)COc2ccc(C)cc2Br)c1. The van der Waals surface area contributed by atoms with Gasteiger partial charge in [0.25, 0.3) is 0 Å². The van der Waals surface area contributed by atoms with E-state index in [2.05, 4.69) is 15.9 Å². The molecule has 0 radical (unpaired) electrons. The number of carbonyl (C=O) groups is 2. The molecule has 0 N–H and O–H groups in total. The lowest BCUT2D eigenvalue weighted by Gasteiger charge is -2.09. The summed E-state index contributed by atoms with van der Waals surface area (Å²) in [7, 11) is 0. The van der Waals surface area contributed by atoms with Crippen LogP contribution in [-0.4, -0.2) is 25.2 Å². The van der Waals surface area contributed by atoms with Crippen molar-refractivity contribution in [3.63, 3.8) is 0 Å². The molecule has 0 aliphatic rings. The third kappa shape index (κ3) is 5.90. The second-order valence-electron chi connectivity index (χ2n) is 5.36. The van der Waals surface area contributed by atoms with E-state index in [1.54, 1.807) is 24.3 Å². The quantitative estimate of drug-likeness (QED) is 0.506. The summed E-state index contributed by atoms with van der Waals surface area (Å²) in [6.07, 6.45) is 0.742. The smallest absolute Gasteiger partial charge is 0.349 e. The van der Waals surface area contributed by atoms with Gasteiger partial charge in [0.05, 0.1) is 16.6 Å². The largest absolute Gasteiger partial charge is 0.481 e. The Kier molecular flexibility index (Phi) is 7.01. The van der Waals surface area contributed by atoms with Gasteiger partial charge in [0.15, 0.2) is 6.61 Å². The van der Waals surface area contributed by atoms with Gasteiger partial charge in [-0.05, 0) is 65.2 Å². The first-order valence-corrected chi connectivity index (χ1v) is 8.65. The zero-order chi connectivity index (χ0) is 18.2. The first kappa shape index (κ1) is 19.0. The maximum absolute atomic E-state index is 11.9. The maximum atomic E-state index is 11.9. The molecule has 0 aromatic heterocycles. The van der Waals surface area contributed by atoms with E-state index >= 15 is 0 Å². The van der Waals surface area contributed by atoms with Crippen LogP contribution in [0.15, 0.2) is 46.9 Å². The average Bonchev–Trinajstić information content (AvgIpc) is 2.59. The van der Waals surface area contributed by atoms with E-state index in [0.717, 1.165) is 16.5 Å². The molecular formula is C19H19BrO5. The van der Waals surface area contributed by atoms with Crippen molar-refractivity contribution in [1.82, 2.24) is 0 Å². The normalized spacial score (nSPS) is 10.2. The minimum atomic E-state index is -0.563. The molecule has 2 aromatic rings. The fourth-order valence-electron chi connectivity index (χ4n) is 1.99. The van der Waals surface area contributed by atoms with Crippen LogP contribution >= 0.6 is 15.9 Å². The molecule has 0 aliphatic heterocycles. The zero-order valence-electron chi connectivity index (χ0n) is 14.1. The van der Waals surface area contributed by atoms with Crippen molar-refractivity contribution < 1.29 is 23.8 Å². The van der Waals surface area contributed by atoms with Gasteiger partial charge in [-0.2, -0.15) is 0 Å². The van der Waals surface area contributed by atoms with E-state index in [9.17, 15) is 9.59 Å². The summed E-state index contributed by atoms with van der Waals surface area (Å²) < 4.78 is 16.5. The summed E-state index contributed by atoms with van der Waals surface area (Å²) in [5.74, 6) is -0.187. The highest BCUT2D eigenvalue weighted by molar-refractivity contribution is 9.10. The second kappa shape index (κ2) is 9.22. The number of hydrogen-bond acceptors (Lipinski definition) is 5. The summed E-state index contributed by atoms with van der Waals surface area (Å²) in [4.78, 5) is 23.8. The van der Waals surface area contributed by atoms with Crippen LogP contribution in [0.5, 0.6) is 11.5 Å². The van der Waals surface area contributed by atoms with E-state index in [-0.39, 0.29) is 12.4 Å². The van der Waals surface area contributed by atoms with E-state index in [1.165, 1.54) is 6.07 Å². The van der Waals surface area contributed by atoms with Crippen molar-refractivity contribution in [2.45, 2.75) is 20.3 Å². The van der Waals surface area contributed by atoms with Crippen LogP contribution < -0.4 is 9.47 Å². The molecule has 132 valence electrons. The minimum Gasteiger partial charge on any atom is -0.481 e. The number of aryl methyl sites for hydroxylation is 1. The number of ether oxygens (including phenoxy) is 3. The van der Waals surface area contributed by atoms with Gasteiger partial charge in [-0.3, -0.25) is 0 Å². The first-order valence-electron chi connectivity index (χ1n) is 7.86. The highest BCUT2D eigenvalue weighted by Crippen LogP contribution is 2.25. The van der Waals surface area contributed by atoms with Crippen molar-refractivity contribution in [3.05, 3.63) is 58.1 Å². The van der Waals surface area contributed by atoms with Crippen molar-refractivity contribution in [2.75, 3.05) is 13.2 Å². The Balaban J connectivity index is 1.93. The van der Waals surface area contributed by atoms with Crippen molar-refractivity contribution in [3.8, 4) is 11.5 Å². The molecule has 0 aliphatic carbocycles. The Labute approximate surface area is 155 Å². The molecule has 0 spiro atoms. The average molecular weight is 407 g/mol. The van der Waals surface area contributed by atoms with Gasteiger partial charge < -0.3 is 14.2 Å². The van der Waals surface area contributed by atoms with Crippen LogP contribution in [-0.2, 0) is 9.53 Å². The standard InChI is InChI=1S/C19H19BrO5/c1-3-9-23-19(22)14-5-4-6-15(11-14)25-18(21)12-24-17-8-7-13(2)10-16(17)20/h4-8,10-11H,3,9,12H2,1-2H3. The lowest BCUT2D eigenvalue weighted by Crippen LogP contribution is -2.18. The van der Waals surface area contributed by atoms with E-state index in [4.69, 9.17) is 14.2 Å². The molecule has 25 heavy (non-hydrogen) atoms. The predicted molar refractivity (Wildman–Crippen MR) is 97.0 cm³/mol. The van der Waals surface area contributed by atoms with E-state index in [1.807, 2.05) is 26.0 Å². The van der Waals surface area contributed by atoms with E-state index in [0.29, 0.717) is 17.9 Å². The second-order valence-corrected chi connectivity index (χ2v) is 6.21. The van der Waals surface area contributed by atoms with Gasteiger partial charge in [-0.15, -0.1) is 0 Å². The zero-order valence-corrected chi connectivity index (χ0v) is 15.7. The number of hydrogen-bond donors (Lipinski definition) is 0. The van der Waals surface area contributed by atoms with Gasteiger partial charge in [0, 0.05) is 0 Å². The van der Waals surface area contributed by atoms with Gasteiger partial charge in [-0.1, -0.05) is 19.1 Å². The molecule has 6 heteroatoms. The number of esters is 2. The Morgan fingerprint density at radius 2 is 1.92 bits per heavy atom. The van der Waals surface area contributed by atoms with E-state index < -0.39 is 11.9 Å². The monoisotopic (exact) mass is 406 g/mol. The Morgan fingerprint density at radius 1 is 1.12 bits per heavy atom. The molecule has 0 heterocycles. The molecule has 0 saturated heterocycles. The predicted octanol–water partition coefficient (Wildman–Crippen LogP) is 4.31. The number of carbonyl (C=O) groups excluding carboxylic acids is 2. The first-order chi connectivity index (χ1) is 12.0. The van der Waals surface area contributed by atoms with Crippen LogP contribution in [0.25, 0.3) is 0 Å². The molecule has 0 saturated carbocycles. The molecule has 0 bridgehead atoms. The van der Waals surface area contributed by atoms with Crippen LogP contribution in [0, 0.1) is 6.92 Å². The minimum absolute atomic E-state index is 0.244. The fourth-order valence-corrected chi connectivity index (χ4v) is 2.59. The van der Waals surface area contributed by atoms with Gasteiger partial charge in [-0.25, -0.2) is 9.59 Å². The third-order valence-electron chi connectivity index (χ3n) is 3.17. The van der Waals surface area contributed by atoms with Crippen molar-refractivity contribution >= 4 is 27.9 Å².